The van der Waals surface area contributed by atoms with E-state index in [1.807, 2.05) is 31.2 Å². The molecule has 0 spiro atoms. The largest absolute Gasteiger partial charge is 0.338 e. The van der Waals surface area contributed by atoms with Gasteiger partial charge in [0.15, 0.2) is 0 Å². The van der Waals surface area contributed by atoms with Crippen LogP contribution in [-0.4, -0.2) is 46.0 Å². The van der Waals surface area contributed by atoms with E-state index in [0.29, 0.717) is 5.82 Å². The number of amides is 1. The first-order chi connectivity index (χ1) is 13.7. The number of aryl methyl sites for hydroxylation is 1. The Labute approximate surface area is 172 Å². The molecule has 0 saturated heterocycles. The van der Waals surface area contributed by atoms with Gasteiger partial charge in [-0.25, -0.2) is 8.42 Å². The fourth-order valence-corrected chi connectivity index (χ4v) is 4.37. The minimum Gasteiger partial charge on any atom is -0.338 e. The Morgan fingerprint density at radius 3 is 2.59 bits per heavy atom. The zero-order chi connectivity index (χ0) is 21.2. The molecule has 3 rings (SSSR count). The Hall–Kier alpha value is -2.70. The quantitative estimate of drug-likeness (QED) is 0.558. The van der Waals surface area contributed by atoms with Gasteiger partial charge in [-0.1, -0.05) is 60.2 Å². The molecule has 0 bridgehead atoms. The number of benzene rings is 1. The molecule has 0 atom stereocenters. The second kappa shape index (κ2) is 8.35. The summed E-state index contributed by atoms with van der Waals surface area (Å²) in [5.41, 5.74) is 1.87. The Bertz CT molecular complexity index is 1110. The molecule has 1 amide bonds. The highest BCUT2D eigenvalue weighted by Crippen LogP contribution is 2.24. The van der Waals surface area contributed by atoms with Crippen LogP contribution in [0, 0.1) is 12.8 Å². The van der Waals surface area contributed by atoms with Crippen LogP contribution in [-0.2, 0) is 21.4 Å². The van der Waals surface area contributed by atoms with Gasteiger partial charge in [0, 0.05) is 18.5 Å². The average Bonchev–Trinajstić information content (AvgIpc) is 3.32. The lowest BCUT2D eigenvalue weighted by atomic mass is 10.1. The van der Waals surface area contributed by atoms with Gasteiger partial charge in [-0.2, -0.15) is 9.29 Å². The fourth-order valence-electron chi connectivity index (χ4n) is 2.16. The zero-order valence-electron chi connectivity index (χ0n) is 16.3. The molecule has 0 saturated carbocycles. The van der Waals surface area contributed by atoms with Crippen LogP contribution in [0.5, 0.6) is 0 Å². The van der Waals surface area contributed by atoms with Crippen molar-refractivity contribution in [3.63, 3.8) is 0 Å². The summed E-state index contributed by atoms with van der Waals surface area (Å²) in [6.07, 6.45) is 0. The van der Waals surface area contributed by atoms with Crippen LogP contribution in [0.1, 0.15) is 25.3 Å². The van der Waals surface area contributed by atoms with Crippen molar-refractivity contribution in [1.29, 1.82) is 0 Å². The molecule has 12 heteroatoms. The Morgan fingerprint density at radius 1 is 1.24 bits per heavy atom. The third-order valence-electron chi connectivity index (χ3n) is 3.93. The summed E-state index contributed by atoms with van der Waals surface area (Å²) in [5, 5.41) is 14.0. The summed E-state index contributed by atoms with van der Waals surface area (Å²) in [7, 11) is -2.56. The lowest BCUT2D eigenvalue weighted by Crippen LogP contribution is -2.26. The predicted octanol–water partition coefficient (Wildman–Crippen LogP) is 2.31. The molecule has 10 nitrogen and oxygen atoms in total. The lowest BCUT2D eigenvalue weighted by Gasteiger charge is -2.11. The van der Waals surface area contributed by atoms with Crippen molar-refractivity contribution in [2.75, 3.05) is 12.4 Å². The monoisotopic (exact) mass is 436 g/mol. The molecular formula is C17H20N6O4S2. The number of rotatable bonds is 7. The van der Waals surface area contributed by atoms with Crippen molar-refractivity contribution < 1.29 is 17.7 Å². The van der Waals surface area contributed by atoms with Crippen LogP contribution < -0.4 is 5.32 Å². The highest BCUT2D eigenvalue weighted by atomic mass is 32.2. The molecule has 0 fully saturated rings. The van der Waals surface area contributed by atoms with Crippen LogP contribution in [0.25, 0.3) is 11.4 Å². The SMILES string of the molecule is Cc1ccc(-c2noc(CN(C)S(=O)(=O)c3nnc(NC(=O)C(C)C)s3)n2)cc1. The van der Waals surface area contributed by atoms with Gasteiger partial charge in [0.1, 0.15) is 0 Å². The van der Waals surface area contributed by atoms with E-state index in [9.17, 15) is 13.2 Å². The predicted molar refractivity (Wildman–Crippen MR) is 107 cm³/mol. The highest BCUT2D eigenvalue weighted by molar-refractivity contribution is 7.91. The van der Waals surface area contributed by atoms with Crippen molar-refractivity contribution in [2.45, 2.75) is 31.7 Å². The molecule has 0 unspecified atom stereocenters. The number of nitrogens with zero attached hydrogens (tertiary/aromatic N) is 5. The second-order valence-corrected chi connectivity index (χ2v) is 9.85. The summed E-state index contributed by atoms with van der Waals surface area (Å²) in [6.45, 7) is 5.28. The summed E-state index contributed by atoms with van der Waals surface area (Å²) in [4.78, 5) is 16.0. The second-order valence-electron chi connectivity index (χ2n) is 6.66. The topological polar surface area (TPSA) is 131 Å². The molecule has 1 N–H and O–H groups in total. The standard InChI is InChI=1S/C17H20N6O4S2/c1-10(2)15(24)19-16-20-21-17(28-16)29(25,26)23(4)9-13-18-14(22-27-13)12-7-5-11(3)6-8-12/h5-8,10H,9H2,1-4H3,(H,19,20,24). The van der Waals surface area contributed by atoms with Crippen LogP contribution in [0.2, 0.25) is 0 Å². The molecule has 1 aromatic carbocycles. The van der Waals surface area contributed by atoms with Gasteiger partial charge < -0.3 is 9.84 Å². The van der Waals surface area contributed by atoms with Gasteiger partial charge in [-0.05, 0) is 6.92 Å². The maximum absolute atomic E-state index is 12.7. The summed E-state index contributed by atoms with van der Waals surface area (Å²) >= 11 is 0.777. The van der Waals surface area contributed by atoms with Crippen LogP contribution in [0.4, 0.5) is 5.13 Å². The third-order valence-corrected chi connectivity index (χ3v) is 6.92. The Balaban J connectivity index is 1.71. The Morgan fingerprint density at radius 2 is 1.93 bits per heavy atom. The van der Waals surface area contributed by atoms with Crippen LogP contribution in [0.15, 0.2) is 33.1 Å². The number of hydrogen-bond donors (Lipinski definition) is 1. The van der Waals surface area contributed by atoms with Gasteiger partial charge in [0.2, 0.25) is 27.1 Å². The minimum atomic E-state index is -3.93. The van der Waals surface area contributed by atoms with E-state index in [2.05, 4.69) is 25.7 Å². The van der Waals surface area contributed by atoms with E-state index in [1.54, 1.807) is 13.8 Å². The normalized spacial score (nSPS) is 11.9. The average molecular weight is 437 g/mol. The molecule has 0 radical (unpaired) electrons. The van der Waals surface area contributed by atoms with E-state index in [0.717, 1.165) is 26.8 Å². The first-order valence-corrected chi connectivity index (χ1v) is 10.9. The van der Waals surface area contributed by atoms with Crippen molar-refractivity contribution >= 4 is 32.4 Å². The molecule has 154 valence electrons. The number of hydrogen-bond acceptors (Lipinski definition) is 9. The minimum absolute atomic E-state index is 0.120. The number of nitrogens with one attached hydrogen (secondary N) is 1. The van der Waals surface area contributed by atoms with Gasteiger partial charge in [0.05, 0.1) is 6.54 Å². The van der Waals surface area contributed by atoms with Crippen molar-refractivity contribution in [2.24, 2.45) is 5.92 Å². The number of carbonyl (C=O) groups is 1. The molecular weight excluding hydrogens is 416 g/mol. The maximum atomic E-state index is 12.7. The van der Waals surface area contributed by atoms with E-state index < -0.39 is 10.0 Å². The molecule has 2 heterocycles. The van der Waals surface area contributed by atoms with Gasteiger partial charge in [0.25, 0.3) is 10.0 Å². The van der Waals surface area contributed by atoms with Crippen LogP contribution in [0.3, 0.4) is 0 Å². The number of anilines is 1. The number of carbonyl (C=O) groups excluding carboxylic acids is 1. The first-order valence-electron chi connectivity index (χ1n) is 8.67. The summed E-state index contributed by atoms with van der Waals surface area (Å²) in [6, 6.07) is 7.57. The van der Waals surface area contributed by atoms with Crippen LogP contribution >= 0.6 is 11.3 Å². The Kier molecular flexibility index (Phi) is 6.05. The van der Waals surface area contributed by atoms with E-state index in [-0.39, 0.29) is 33.7 Å². The molecule has 3 aromatic rings. The van der Waals surface area contributed by atoms with Gasteiger partial charge >= 0.3 is 0 Å². The first kappa shape index (κ1) is 21.0. The van der Waals surface area contributed by atoms with E-state index >= 15 is 0 Å². The van der Waals surface area contributed by atoms with E-state index in [1.165, 1.54) is 7.05 Å². The lowest BCUT2D eigenvalue weighted by molar-refractivity contribution is -0.118. The van der Waals surface area contributed by atoms with Gasteiger partial charge in [-0.15, -0.1) is 10.2 Å². The third kappa shape index (κ3) is 4.83. The highest BCUT2D eigenvalue weighted by Gasteiger charge is 2.28. The zero-order valence-corrected chi connectivity index (χ0v) is 17.9. The molecule has 2 aromatic heterocycles. The molecule has 0 aliphatic carbocycles. The summed E-state index contributed by atoms with van der Waals surface area (Å²) < 4.78 is 31.4. The fraction of sp³-hybridized carbons (Fsp3) is 0.353. The number of aromatic nitrogens is 4. The molecule has 0 aliphatic rings. The van der Waals surface area contributed by atoms with Gasteiger partial charge in [-0.3, -0.25) is 4.79 Å². The summed E-state index contributed by atoms with van der Waals surface area (Å²) in [5.74, 6) is -0.0141. The smallest absolute Gasteiger partial charge is 0.272 e. The van der Waals surface area contributed by atoms with Crippen molar-refractivity contribution in [1.82, 2.24) is 24.6 Å². The maximum Gasteiger partial charge on any atom is 0.272 e. The molecule has 0 aliphatic heterocycles. The van der Waals surface area contributed by atoms with Crippen molar-refractivity contribution in [3.8, 4) is 11.4 Å². The number of sulfonamides is 1. The van der Waals surface area contributed by atoms with E-state index in [4.69, 9.17) is 4.52 Å². The van der Waals surface area contributed by atoms with Crippen molar-refractivity contribution in [3.05, 3.63) is 35.7 Å². The molecule has 29 heavy (non-hydrogen) atoms.